The summed E-state index contributed by atoms with van der Waals surface area (Å²) >= 11 is 0. The molecule has 0 aliphatic carbocycles. The predicted octanol–water partition coefficient (Wildman–Crippen LogP) is 3.49. The van der Waals surface area contributed by atoms with Gasteiger partial charge in [-0.25, -0.2) is 4.79 Å². The Morgan fingerprint density at radius 2 is 1.38 bits per heavy atom. The molecule has 0 aliphatic heterocycles. The Morgan fingerprint density at radius 3 is 2.00 bits per heavy atom. The summed E-state index contributed by atoms with van der Waals surface area (Å²) in [6, 6.07) is 0. The van der Waals surface area contributed by atoms with Gasteiger partial charge in [0, 0.05) is 0 Å². The van der Waals surface area contributed by atoms with Crippen LogP contribution in [0.1, 0.15) is 71.6 Å². The molecule has 0 aromatic rings. The number of carbonyl (C=O) groups excluding carboxylic acids is 1. The molecule has 0 saturated carbocycles. The lowest BCUT2D eigenvalue weighted by molar-refractivity contribution is -0.158. The third-order valence-electron chi connectivity index (χ3n) is 4.02. The van der Waals surface area contributed by atoms with E-state index in [1.165, 1.54) is 38.5 Å². The first kappa shape index (κ1) is 25.3. The number of aliphatic hydroxyl groups excluding tert-OH is 1. The van der Waals surface area contributed by atoms with Gasteiger partial charge in [0.15, 0.2) is 6.10 Å². The van der Waals surface area contributed by atoms with Crippen LogP contribution < -0.4 is 0 Å². The van der Waals surface area contributed by atoms with Crippen LogP contribution >= 0.6 is 0 Å². The van der Waals surface area contributed by atoms with Crippen LogP contribution in [0.25, 0.3) is 0 Å². The molecule has 0 spiro atoms. The third kappa shape index (κ3) is 16.8. The molecule has 0 aliphatic rings. The van der Waals surface area contributed by atoms with Crippen LogP contribution in [-0.4, -0.2) is 63.4 Å². The first-order valence-electron chi connectivity index (χ1n) is 10.3. The number of aliphatic hydroxyl groups is 1. The normalized spacial score (nSPS) is 12.3. The van der Waals surface area contributed by atoms with E-state index in [1.807, 2.05) is 0 Å². The minimum atomic E-state index is -0.496. The largest absolute Gasteiger partial charge is 0.464 e. The maximum absolute atomic E-state index is 12.0. The van der Waals surface area contributed by atoms with E-state index in [4.69, 9.17) is 24.1 Å². The molecule has 26 heavy (non-hydrogen) atoms. The second-order valence-electron chi connectivity index (χ2n) is 6.32. The van der Waals surface area contributed by atoms with E-state index in [0.29, 0.717) is 46.1 Å². The van der Waals surface area contributed by atoms with Crippen LogP contribution in [0, 0.1) is 0 Å². The van der Waals surface area contributed by atoms with E-state index >= 15 is 0 Å². The minimum Gasteiger partial charge on any atom is -0.464 e. The van der Waals surface area contributed by atoms with Crippen LogP contribution in [-0.2, 0) is 23.7 Å². The van der Waals surface area contributed by atoms with Crippen molar-refractivity contribution in [1.29, 1.82) is 0 Å². The number of ether oxygens (including phenoxy) is 4. The summed E-state index contributed by atoms with van der Waals surface area (Å²) in [5, 5.41) is 8.59. The Hall–Kier alpha value is -0.690. The zero-order valence-electron chi connectivity index (χ0n) is 16.9. The maximum Gasteiger partial charge on any atom is 0.335 e. The van der Waals surface area contributed by atoms with Gasteiger partial charge in [0.2, 0.25) is 0 Å². The Bertz CT molecular complexity index is 278. The molecule has 6 nitrogen and oxygen atoms in total. The van der Waals surface area contributed by atoms with Crippen molar-refractivity contribution in [2.24, 2.45) is 0 Å². The lowest BCUT2D eigenvalue weighted by Crippen LogP contribution is -2.28. The molecular formula is C20H40O6. The van der Waals surface area contributed by atoms with Gasteiger partial charge in [-0.15, -0.1) is 0 Å². The average molecular weight is 377 g/mol. The molecule has 0 rings (SSSR count). The van der Waals surface area contributed by atoms with Gasteiger partial charge in [-0.05, 0) is 13.3 Å². The molecule has 0 radical (unpaired) electrons. The van der Waals surface area contributed by atoms with Crippen molar-refractivity contribution in [3.05, 3.63) is 0 Å². The Morgan fingerprint density at radius 1 is 0.808 bits per heavy atom. The summed E-state index contributed by atoms with van der Waals surface area (Å²) < 4.78 is 21.2. The van der Waals surface area contributed by atoms with Crippen LogP contribution in [0.4, 0.5) is 0 Å². The van der Waals surface area contributed by atoms with Crippen LogP contribution in [0.5, 0.6) is 0 Å². The van der Waals surface area contributed by atoms with E-state index in [0.717, 1.165) is 12.8 Å². The number of rotatable bonds is 20. The van der Waals surface area contributed by atoms with Crippen molar-refractivity contribution in [1.82, 2.24) is 0 Å². The van der Waals surface area contributed by atoms with Gasteiger partial charge < -0.3 is 24.1 Å². The van der Waals surface area contributed by atoms with Gasteiger partial charge >= 0.3 is 5.97 Å². The SMILES string of the molecule is CCCCCCCCCCC(OCCOCCOCCO)C(=O)OCC. The van der Waals surface area contributed by atoms with E-state index in [9.17, 15) is 4.79 Å². The fraction of sp³-hybridized carbons (Fsp3) is 0.950. The number of hydrogen-bond donors (Lipinski definition) is 1. The van der Waals surface area contributed by atoms with Crippen molar-refractivity contribution in [3.8, 4) is 0 Å². The average Bonchev–Trinajstić information content (AvgIpc) is 2.64. The van der Waals surface area contributed by atoms with Gasteiger partial charge in [0.05, 0.1) is 46.2 Å². The van der Waals surface area contributed by atoms with Gasteiger partial charge in [-0.1, -0.05) is 58.3 Å². The molecule has 156 valence electrons. The smallest absolute Gasteiger partial charge is 0.335 e. The molecule has 0 fully saturated rings. The van der Waals surface area contributed by atoms with Crippen molar-refractivity contribution in [2.75, 3.05) is 46.2 Å². The quantitative estimate of drug-likeness (QED) is 0.259. The highest BCUT2D eigenvalue weighted by Gasteiger charge is 2.19. The fourth-order valence-corrected chi connectivity index (χ4v) is 2.60. The molecule has 0 heterocycles. The van der Waals surface area contributed by atoms with E-state index in [2.05, 4.69) is 6.92 Å². The molecule has 1 atom stereocenters. The van der Waals surface area contributed by atoms with Crippen molar-refractivity contribution in [3.63, 3.8) is 0 Å². The Kier molecular flexibility index (Phi) is 20.1. The molecule has 1 N–H and O–H groups in total. The van der Waals surface area contributed by atoms with Gasteiger partial charge in [-0.3, -0.25) is 0 Å². The maximum atomic E-state index is 12.0. The lowest BCUT2D eigenvalue weighted by Gasteiger charge is -2.16. The number of unbranched alkanes of at least 4 members (excludes halogenated alkanes) is 7. The molecule has 0 amide bonds. The van der Waals surface area contributed by atoms with Gasteiger partial charge in [0.1, 0.15) is 0 Å². The summed E-state index contributed by atoms with van der Waals surface area (Å²) in [6.45, 7) is 6.41. The van der Waals surface area contributed by atoms with E-state index < -0.39 is 6.10 Å². The fourth-order valence-electron chi connectivity index (χ4n) is 2.60. The monoisotopic (exact) mass is 376 g/mol. The van der Waals surface area contributed by atoms with Gasteiger partial charge in [-0.2, -0.15) is 0 Å². The Balaban J connectivity index is 3.76. The molecule has 0 aromatic carbocycles. The molecule has 6 heteroatoms. The summed E-state index contributed by atoms with van der Waals surface area (Å²) in [5.41, 5.74) is 0. The highest BCUT2D eigenvalue weighted by Crippen LogP contribution is 2.13. The number of carbonyl (C=O) groups is 1. The molecule has 0 saturated heterocycles. The Labute approximate surface area is 159 Å². The molecule has 0 aromatic heterocycles. The highest BCUT2D eigenvalue weighted by atomic mass is 16.6. The van der Waals surface area contributed by atoms with Gasteiger partial charge in [0.25, 0.3) is 0 Å². The number of esters is 1. The second-order valence-corrected chi connectivity index (χ2v) is 6.32. The molecular weight excluding hydrogens is 336 g/mol. The molecule has 0 bridgehead atoms. The summed E-state index contributed by atoms with van der Waals surface area (Å²) in [6.07, 6.45) is 10.1. The van der Waals surface area contributed by atoms with Crippen molar-refractivity contribution >= 4 is 5.97 Å². The second kappa shape index (κ2) is 20.6. The van der Waals surface area contributed by atoms with E-state index in [1.54, 1.807) is 6.92 Å². The highest BCUT2D eigenvalue weighted by molar-refractivity contribution is 5.74. The summed E-state index contributed by atoms with van der Waals surface area (Å²) in [7, 11) is 0. The van der Waals surface area contributed by atoms with Crippen LogP contribution in [0.15, 0.2) is 0 Å². The summed E-state index contributed by atoms with van der Waals surface area (Å²) in [5.74, 6) is -0.276. The van der Waals surface area contributed by atoms with Crippen molar-refractivity contribution in [2.45, 2.75) is 77.7 Å². The topological polar surface area (TPSA) is 74.2 Å². The van der Waals surface area contributed by atoms with Crippen LogP contribution in [0.3, 0.4) is 0 Å². The van der Waals surface area contributed by atoms with Crippen molar-refractivity contribution < 1.29 is 28.8 Å². The predicted molar refractivity (Wildman–Crippen MR) is 102 cm³/mol. The lowest BCUT2D eigenvalue weighted by atomic mass is 10.1. The van der Waals surface area contributed by atoms with Crippen LogP contribution in [0.2, 0.25) is 0 Å². The minimum absolute atomic E-state index is 0.0169. The zero-order valence-corrected chi connectivity index (χ0v) is 16.9. The standard InChI is InChI=1S/C20H40O6/c1-3-5-6-7-8-9-10-11-12-19(20(22)25-4-2)26-18-17-24-16-15-23-14-13-21/h19,21H,3-18H2,1-2H3. The zero-order chi connectivity index (χ0) is 19.3. The number of hydrogen-bond acceptors (Lipinski definition) is 6. The first-order valence-corrected chi connectivity index (χ1v) is 10.3. The summed E-state index contributed by atoms with van der Waals surface area (Å²) in [4.78, 5) is 12.0. The first-order chi connectivity index (χ1) is 12.8. The molecule has 1 unspecified atom stereocenters. The van der Waals surface area contributed by atoms with E-state index in [-0.39, 0.29) is 12.6 Å². The third-order valence-corrected chi connectivity index (χ3v) is 4.02.